The summed E-state index contributed by atoms with van der Waals surface area (Å²) in [6.07, 6.45) is 0. The molecule has 0 bridgehead atoms. The Labute approximate surface area is 164 Å². The van der Waals surface area contributed by atoms with Crippen LogP contribution >= 0.6 is 0 Å². The predicted octanol–water partition coefficient (Wildman–Crippen LogP) is 3.85. The number of fused-ring (bicyclic) bond motifs is 1. The molecule has 6 heteroatoms. The smallest absolute Gasteiger partial charge is 0.168 e. The second-order valence-electron chi connectivity index (χ2n) is 7.61. The van der Waals surface area contributed by atoms with Gasteiger partial charge in [-0.15, -0.1) is 0 Å². The number of benzene rings is 2. The maximum absolute atomic E-state index is 12.5. The van der Waals surface area contributed by atoms with Crippen molar-refractivity contribution in [3.63, 3.8) is 0 Å². The summed E-state index contributed by atoms with van der Waals surface area (Å²) >= 11 is 0. The SMILES string of the molecule is CC(C)(C)C(=O)c1ccc2nc(-c3ccc(OCCOCCO)cc3)[nH]c2c1. The first-order valence-corrected chi connectivity index (χ1v) is 9.35. The fraction of sp³-hybridized carbons (Fsp3) is 0.364. The van der Waals surface area contributed by atoms with Crippen molar-refractivity contribution >= 4 is 16.8 Å². The van der Waals surface area contributed by atoms with Gasteiger partial charge < -0.3 is 19.6 Å². The van der Waals surface area contributed by atoms with E-state index in [1.54, 1.807) is 0 Å². The highest BCUT2D eigenvalue weighted by Crippen LogP contribution is 2.26. The molecule has 0 amide bonds. The Hall–Kier alpha value is -2.70. The van der Waals surface area contributed by atoms with E-state index in [1.807, 2.05) is 63.2 Å². The highest BCUT2D eigenvalue weighted by molar-refractivity contribution is 6.02. The summed E-state index contributed by atoms with van der Waals surface area (Å²) in [5.74, 6) is 1.59. The lowest BCUT2D eigenvalue weighted by atomic mass is 9.86. The molecule has 0 spiro atoms. The number of aliphatic hydroxyl groups excluding tert-OH is 1. The van der Waals surface area contributed by atoms with E-state index in [1.165, 1.54) is 0 Å². The number of carbonyl (C=O) groups is 1. The fourth-order valence-corrected chi connectivity index (χ4v) is 2.81. The van der Waals surface area contributed by atoms with Crippen molar-refractivity contribution in [1.82, 2.24) is 9.97 Å². The minimum Gasteiger partial charge on any atom is -0.491 e. The number of carbonyl (C=O) groups excluding carboxylic acids is 1. The van der Waals surface area contributed by atoms with Crippen molar-refractivity contribution in [2.75, 3.05) is 26.4 Å². The average Bonchev–Trinajstić information content (AvgIpc) is 3.10. The number of nitrogens with zero attached hydrogens (tertiary/aromatic N) is 1. The van der Waals surface area contributed by atoms with Gasteiger partial charge >= 0.3 is 0 Å². The summed E-state index contributed by atoms with van der Waals surface area (Å²) in [6.45, 7) is 6.94. The maximum Gasteiger partial charge on any atom is 0.168 e. The number of hydrogen-bond donors (Lipinski definition) is 2. The Morgan fingerprint density at radius 3 is 2.50 bits per heavy atom. The van der Waals surface area contributed by atoms with Gasteiger partial charge in [-0.3, -0.25) is 4.79 Å². The summed E-state index contributed by atoms with van der Waals surface area (Å²) in [4.78, 5) is 20.4. The van der Waals surface area contributed by atoms with Crippen molar-refractivity contribution in [2.45, 2.75) is 20.8 Å². The molecular weight excluding hydrogens is 356 g/mol. The van der Waals surface area contributed by atoms with Gasteiger partial charge in [-0.05, 0) is 42.5 Å². The second-order valence-corrected chi connectivity index (χ2v) is 7.61. The predicted molar refractivity (Wildman–Crippen MR) is 109 cm³/mol. The Balaban J connectivity index is 1.72. The molecule has 0 atom stereocenters. The normalized spacial score (nSPS) is 11.7. The lowest BCUT2D eigenvalue weighted by molar-refractivity contribution is 0.0705. The van der Waals surface area contributed by atoms with Gasteiger partial charge in [0.2, 0.25) is 0 Å². The van der Waals surface area contributed by atoms with Crippen molar-refractivity contribution in [2.24, 2.45) is 5.41 Å². The van der Waals surface area contributed by atoms with Crippen LogP contribution in [0.4, 0.5) is 0 Å². The summed E-state index contributed by atoms with van der Waals surface area (Å²) in [7, 11) is 0. The number of imidazole rings is 1. The van der Waals surface area contributed by atoms with Crippen molar-refractivity contribution in [3.05, 3.63) is 48.0 Å². The van der Waals surface area contributed by atoms with Crippen molar-refractivity contribution in [1.29, 1.82) is 0 Å². The molecule has 28 heavy (non-hydrogen) atoms. The average molecular weight is 382 g/mol. The number of aliphatic hydroxyl groups is 1. The number of hydrogen-bond acceptors (Lipinski definition) is 5. The van der Waals surface area contributed by atoms with Gasteiger partial charge in [-0.2, -0.15) is 0 Å². The minimum absolute atomic E-state index is 0.0120. The van der Waals surface area contributed by atoms with Gasteiger partial charge in [0, 0.05) is 16.5 Å². The molecule has 0 saturated carbocycles. The van der Waals surface area contributed by atoms with E-state index in [0.717, 1.165) is 28.2 Å². The van der Waals surface area contributed by atoms with Crippen LogP contribution in [-0.4, -0.2) is 47.3 Å². The molecule has 6 nitrogen and oxygen atoms in total. The third kappa shape index (κ3) is 4.77. The topological polar surface area (TPSA) is 84.4 Å². The maximum atomic E-state index is 12.5. The lowest BCUT2D eigenvalue weighted by Gasteiger charge is -2.16. The van der Waals surface area contributed by atoms with Crippen LogP contribution in [0.1, 0.15) is 31.1 Å². The highest BCUT2D eigenvalue weighted by atomic mass is 16.5. The molecule has 0 aliphatic rings. The van der Waals surface area contributed by atoms with Crippen LogP contribution in [-0.2, 0) is 4.74 Å². The first kappa shape index (κ1) is 20.0. The van der Waals surface area contributed by atoms with E-state index >= 15 is 0 Å². The number of H-pyrrole nitrogens is 1. The largest absolute Gasteiger partial charge is 0.491 e. The number of aromatic amines is 1. The van der Waals surface area contributed by atoms with Crippen LogP contribution in [0.25, 0.3) is 22.4 Å². The third-order valence-corrected chi connectivity index (χ3v) is 4.29. The Kier molecular flexibility index (Phi) is 6.11. The van der Waals surface area contributed by atoms with E-state index < -0.39 is 5.41 Å². The quantitative estimate of drug-likeness (QED) is 0.457. The molecule has 0 fully saturated rings. The van der Waals surface area contributed by atoms with Crippen LogP contribution in [0.2, 0.25) is 0 Å². The minimum atomic E-state index is -0.421. The van der Waals surface area contributed by atoms with Gasteiger partial charge in [0.1, 0.15) is 18.2 Å². The van der Waals surface area contributed by atoms with Crippen LogP contribution in [0.5, 0.6) is 5.75 Å². The molecule has 0 saturated heterocycles. The molecule has 2 N–H and O–H groups in total. The lowest BCUT2D eigenvalue weighted by Crippen LogP contribution is -2.19. The standard InChI is InChI=1S/C22H26N2O4/c1-22(2,3)20(26)16-6-9-18-19(14-16)24-21(23-18)15-4-7-17(8-5-15)28-13-12-27-11-10-25/h4-9,14,25H,10-13H2,1-3H3,(H,23,24). The number of aromatic nitrogens is 2. The first-order chi connectivity index (χ1) is 13.4. The second kappa shape index (κ2) is 8.54. The van der Waals surface area contributed by atoms with Crippen LogP contribution < -0.4 is 4.74 Å². The molecular formula is C22H26N2O4. The molecule has 148 valence electrons. The highest BCUT2D eigenvalue weighted by Gasteiger charge is 2.23. The Morgan fingerprint density at radius 2 is 1.82 bits per heavy atom. The van der Waals surface area contributed by atoms with Crippen LogP contribution in [0.15, 0.2) is 42.5 Å². The van der Waals surface area contributed by atoms with E-state index in [9.17, 15) is 4.79 Å². The van der Waals surface area contributed by atoms with E-state index in [-0.39, 0.29) is 12.4 Å². The van der Waals surface area contributed by atoms with Crippen molar-refractivity contribution in [3.8, 4) is 17.1 Å². The molecule has 1 heterocycles. The van der Waals surface area contributed by atoms with E-state index in [0.29, 0.717) is 25.4 Å². The summed E-state index contributed by atoms with van der Waals surface area (Å²) < 4.78 is 10.8. The Morgan fingerprint density at radius 1 is 1.07 bits per heavy atom. The van der Waals surface area contributed by atoms with E-state index in [4.69, 9.17) is 14.6 Å². The number of rotatable bonds is 8. The van der Waals surface area contributed by atoms with Gasteiger partial charge in [0.15, 0.2) is 5.78 Å². The van der Waals surface area contributed by atoms with Gasteiger partial charge in [-0.1, -0.05) is 20.8 Å². The van der Waals surface area contributed by atoms with E-state index in [2.05, 4.69) is 9.97 Å². The molecule has 0 unspecified atom stereocenters. The summed E-state index contributed by atoms with van der Waals surface area (Å²) in [5.41, 5.74) is 2.86. The Bertz CT molecular complexity index is 939. The number of ketones is 1. The summed E-state index contributed by atoms with van der Waals surface area (Å²) in [6, 6.07) is 13.2. The number of nitrogens with one attached hydrogen (secondary N) is 1. The molecule has 2 aromatic carbocycles. The molecule has 1 aromatic heterocycles. The third-order valence-electron chi connectivity index (χ3n) is 4.29. The first-order valence-electron chi connectivity index (χ1n) is 9.35. The monoisotopic (exact) mass is 382 g/mol. The van der Waals surface area contributed by atoms with Gasteiger partial charge in [-0.25, -0.2) is 4.98 Å². The molecule has 3 aromatic rings. The summed E-state index contributed by atoms with van der Waals surface area (Å²) in [5, 5.41) is 8.66. The molecule has 0 aliphatic heterocycles. The number of Topliss-reactive ketones (excluding diaryl/α,β-unsaturated/α-hetero) is 1. The molecule has 0 radical (unpaired) electrons. The molecule has 0 aliphatic carbocycles. The van der Waals surface area contributed by atoms with Crippen molar-refractivity contribution < 1.29 is 19.4 Å². The number of ether oxygens (including phenoxy) is 2. The van der Waals surface area contributed by atoms with Crippen LogP contribution in [0, 0.1) is 5.41 Å². The zero-order valence-electron chi connectivity index (χ0n) is 16.5. The fourth-order valence-electron chi connectivity index (χ4n) is 2.81. The van der Waals surface area contributed by atoms with Gasteiger partial charge in [0.05, 0.1) is 30.9 Å². The molecule has 3 rings (SSSR count). The van der Waals surface area contributed by atoms with Gasteiger partial charge in [0.25, 0.3) is 0 Å². The zero-order valence-corrected chi connectivity index (χ0v) is 16.5. The zero-order chi connectivity index (χ0) is 20.1. The van der Waals surface area contributed by atoms with Crippen LogP contribution in [0.3, 0.4) is 0 Å².